The summed E-state index contributed by atoms with van der Waals surface area (Å²) in [5.41, 5.74) is 5.00. The summed E-state index contributed by atoms with van der Waals surface area (Å²) < 4.78 is 47.9. The molecule has 308 valence electrons. The van der Waals surface area contributed by atoms with Crippen molar-refractivity contribution < 1.29 is 31.3 Å². The molecule has 0 bridgehead atoms. The second-order valence-electron chi connectivity index (χ2n) is 18.6. The molecular weight excluding hydrogens is 916 g/mol. The molecule has 0 atom stereocenters. The molecule has 0 saturated heterocycles. The van der Waals surface area contributed by atoms with E-state index in [0.29, 0.717) is 34.2 Å². The third-order valence-electron chi connectivity index (χ3n) is 10.6. The van der Waals surface area contributed by atoms with E-state index in [9.17, 15) is 5.48 Å². The van der Waals surface area contributed by atoms with Crippen molar-refractivity contribution in [2.75, 3.05) is 9.80 Å². The molecule has 3 aliphatic heterocycles. The fourth-order valence-corrected chi connectivity index (χ4v) is 8.01. The number of allylic oxidation sites excluding steroid dienone is 4. The average Bonchev–Trinajstić information content (AvgIpc) is 3.78. The summed E-state index contributed by atoms with van der Waals surface area (Å²) in [5.74, 6) is 5.79. The number of pyridine rings is 1. The first-order chi connectivity index (χ1) is 29.7. The quantitative estimate of drug-likeness (QED) is 0.118. The number of nitrogens with zero attached hydrogens (tertiary/aromatic N) is 5. The smallest absolute Gasteiger partial charge is 0.312 e. The number of rotatable bonds is 7. The summed E-state index contributed by atoms with van der Waals surface area (Å²) in [5, 5.41) is 2.14. The molecule has 0 aliphatic carbocycles. The van der Waals surface area contributed by atoms with E-state index in [1.165, 1.54) is 5.56 Å². The zero-order chi connectivity index (χ0) is 44.9. The minimum atomic E-state index is -1.89. The first-order valence-corrected chi connectivity index (χ1v) is 20.4. The fourth-order valence-electron chi connectivity index (χ4n) is 8.01. The van der Waals surface area contributed by atoms with E-state index in [1.54, 1.807) is 0 Å². The second-order valence-corrected chi connectivity index (χ2v) is 18.6. The van der Waals surface area contributed by atoms with Crippen LogP contribution in [-0.2, 0) is 26.5 Å². The van der Waals surface area contributed by atoms with Crippen molar-refractivity contribution in [2.45, 2.75) is 80.5 Å². The van der Waals surface area contributed by atoms with Crippen molar-refractivity contribution in [1.29, 1.82) is 0 Å². The minimum absolute atomic E-state index is 0. The maximum absolute atomic E-state index is 9.83. The summed E-state index contributed by atoms with van der Waals surface area (Å²) in [4.78, 5) is 10.8. The zero-order valence-electron chi connectivity index (χ0n) is 39.7. The SMILES string of the molecule is [2H]C([2H])(C1=CB2C=CC=CN2C(C([2H])([2H])C(C)(C)C)=C1N1[CH-]N(c2[c-]c(Oc3[c-]c4c(cc3)c3ccccc3n4-c3cc(C(C)(C)C)ccn3)ccc2)c2ccccc21)C(C)(C)C.[Pt]. The number of hydrogen-bond donors (Lipinski definition) is 0. The molecule has 0 unspecified atom stereocenters. The predicted molar refractivity (Wildman–Crippen MR) is 246 cm³/mol. The van der Waals surface area contributed by atoms with Crippen LogP contribution in [0, 0.1) is 29.6 Å². The van der Waals surface area contributed by atoms with Crippen molar-refractivity contribution in [3.05, 3.63) is 169 Å². The van der Waals surface area contributed by atoms with Gasteiger partial charge in [-0.05, 0) is 88.1 Å². The zero-order valence-corrected chi connectivity index (χ0v) is 38.0. The van der Waals surface area contributed by atoms with Gasteiger partial charge in [-0.15, -0.1) is 48.1 Å². The Labute approximate surface area is 376 Å². The Hall–Kier alpha value is -5.26. The molecule has 8 heteroatoms. The first-order valence-electron chi connectivity index (χ1n) is 22.4. The second kappa shape index (κ2) is 15.6. The van der Waals surface area contributed by atoms with E-state index in [1.807, 2.05) is 160 Å². The average molecular weight is 974 g/mol. The number of fused-ring (bicyclic) bond motifs is 5. The molecule has 0 fully saturated rings. The molecule has 9 rings (SSSR count). The van der Waals surface area contributed by atoms with Crippen LogP contribution in [0.5, 0.6) is 11.5 Å². The van der Waals surface area contributed by atoms with E-state index in [2.05, 4.69) is 67.8 Å². The molecule has 2 aromatic heterocycles. The van der Waals surface area contributed by atoms with Gasteiger partial charge in [-0.1, -0.05) is 116 Å². The Bertz CT molecular complexity index is 2920. The number of anilines is 3. The molecule has 0 amide bonds. The molecule has 60 heavy (non-hydrogen) atoms. The van der Waals surface area contributed by atoms with E-state index in [-0.39, 0.29) is 33.3 Å². The van der Waals surface area contributed by atoms with Crippen LogP contribution in [0.2, 0.25) is 0 Å². The van der Waals surface area contributed by atoms with Crippen LogP contribution in [-0.4, -0.2) is 21.2 Å². The standard InChI is InChI=1S/C52H53BN5O.Pt/c1-50(2,3)32-36-34-53-26-14-15-28-57(53)47(33-51(4,5)6)49(36)56-35-55(44-21-12-13-22-45(44)56)38-17-16-18-39(30-38)59-40-23-24-42-41-19-10-11-20-43(41)58(46(42)31-40)48-29-37(25-27-54-48)52(7,8)9;/h10-29,34-35H,32-33H2,1-9H3;/q-3;/i32D2,33D2;. The van der Waals surface area contributed by atoms with E-state index in [4.69, 9.17) is 9.72 Å². The van der Waals surface area contributed by atoms with Gasteiger partial charge < -0.3 is 23.9 Å². The Morgan fingerprint density at radius 3 is 2.22 bits per heavy atom. The Kier molecular flexibility index (Phi) is 9.54. The van der Waals surface area contributed by atoms with Crippen LogP contribution >= 0.6 is 0 Å². The molecule has 0 N–H and O–H groups in total. The molecule has 0 radical (unpaired) electrons. The van der Waals surface area contributed by atoms with Crippen LogP contribution < -0.4 is 14.5 Å². The van der Waals surface area contributed by atoms with Gasteiger partial charge in [-0.3, -0.25) is 0 Å². The summed E-state index contributed by atoms with van der Waals surface area (Å²) >= 11 is 0. The van der Waals surface area contributed by atoms with Crippen LogP contribution in [0.25, 0.3) is 27.6 Å². The number of ether oxygens (including phenoxy) is 1. The molecular formula is C52H53BN5OPt-3. The normalized spacial score (nSPS) is 16.9. The van der Waals surface area contributed by atoms with Crippen molar-refractivity contribution in [3.63, 3.8) is 0 Å². The Balaban J connectivity index is 0.00000560. The van der Waals surface area contributed by atoms with Crippen LogP contribution in [0.4, 0.5) is 17.1 Å². The first kappa shape index (κ1) is 36.6. The van der Waals surface area contributed by atoms with Crippen LogP contribution in [0.3, 0.4) is 0 Å². The third kappa shape index (κ3) is 8.01. The van der Waals surface area contributed by atoms with E-state index >= 15 is 0 Å². The van der Waals surface area contributed by atoms with Gasteiger partial charge in [0.1, 0.15) is 5.82 Å². The van der Waals surface area contributed by atoms with Gasteiger partial charge in [0.05, 0.1) is 0 Å². The number of aromatic nitrogens is 2. The largest absolute Gasteiger partial charge is 0.509 e. The van der Waals surface area contributed by atoms with Crippen molar-refractivity contribution in [1.82, 2.24) is 14.4 Å². The molecule has 3 aliphatic rings. The predicted octanol–water partition coefficient (Wildman–Crippen LogP) is 13.4. The third-order valence-corrected chi connectivity index (χ3v) is 10.6. The topological polar surface area (TPSA) is 36.8 Å². The van der Waals surface area contributed by atoms with Crippen LogP contribution in [0.1, 0.15) is 86.1 Å². The molecule has 0 spiro atoms. The molecule has 4 aromatic carbocycles. The number of para-hydroxylation sites is 3. The monoisotopic (exact) mass is 973 g/mol. The Morgan fingerprint density at radius 2 is 1.47 bits per heavy atom. The number of benzene rings is 4. The molecule has 6 aromatic rings. The van der Waals surface area contributed by atoms with Gasteiger partial charge in [-0.2, -0.15) is 12.1 Å². The molecule has 5 heterocycles. The van der Waals surface area contributed by atoms with Gasteiger partial charge in [0.15, 0.2) is 0 Å². The summed E-state index contributed by atoms with van der Waals surface area (Å²) in [6.45, 7) is 19.6. The van der Waals surface area contributed by atoms with Crippen LogP contribution in [0.15, 0.2) is 144 Å². The van der Waals surface area contributed by atoms with Crippen molar-refractivity contribution in [3.8, 4) is 17.3 Å². The summed E-state index contributed by atoms with van der Waals surface area (Å²) in [6, 6.07) is 37.4. The number of hydrogen-bond acceptors (Lipinski definition) is 5. The van der Waals surface area contributed by atoms with Gasteiger partial charge in [0.25, 0.3) is 0 Å². The maximum atomic E-state index is 9.83. The van der Waals surface area contributed by atoms with Gasteiger partial charge in [0.2, 0.25) is 0 Å². The minimum Gasteiger partial charge on any atom is -0.509 e. The van der Waals surface area contributed by atoms with E-state index in [0.717, 1.165) is 39.0 Å². The van der Waals surface area contributed by atoms with Crippen molar-refractivity contribution >= 4 is 45.7 Å². The summed E-state index contributed by atoms with van der Waals surface area (Å²) in [7, 11) is 0. The Morgan fingerprint density at radius 1 is 0.750 bits per heavy atom. The summed E-state index contributed by atoms with van der Waals surface area (Å²) in [6.07, 6.45) is 3.89. The molecule has 0 saturated carbocycles. The fraction of sp³-hybridized carbons (Fsp3) is 0.269. The van der Waals surface area contributed by atoms with Gasteiger partial charge in [-0.25, -0.2) is 4.98 Å². The van der Waals surface area contributed by atoms with Gasteiger partial charge >= 0.3 is 6.85 Å². The maximum Gasteiger partial charge on any atom is 0.312 e. The molecule has 6 nitrogen and oxygen atoms in total. The van der Waals surface area contributed by atoms with Crippen molar-refractivity contribution in [2.24, 2.45) is 10.8 Å². The van der Waals surface area contributed by atoms with E-state index < -0.39 is 23.6 Å². The van der Waals surface area contributed by atoms with Gasteiger partial charge in [0, 0.05) is 72.5 Å².